The molecule has 1 aromatic heterocycles. The Labute approximate surface area is 188 Å². The highest BCUT2D eigenvalue weighted by atomic mass is 16.5. The van der Waals surface area contributed by atoms with Gasteiger partial charge in [0.15, 0.2) is 5.43 Å². The zero-order valence-corrected chi connectivity index (χ0v) is 19.0. The second kappa shape index (κ2) is 9.01. The van der Waals surface area contributed by atoms with Gasteiger partial charge in [0.1, 0.15) is 12.4 Å². The Kier molecular flexibility index (Phi) is 6.15. The number of methoxy groups -OCH3 is 1. The SMILES string of the molecule is COCc1cc(=O)c(C)c2n1N(C(c1ccccc1)c1ccccc1)CN(C(C)C)C2=O. The largest absolute Gasteiger partial charge is 0.378 e. The van der Waals surface area contributed by atoms with E-state index in [1.807, 2.05) is 59.8 Å². The van der Waals surface area contributed by atoms with Crippen LogP contribution in [-0.2, 0) is 11.3 Å². The predicted molar refractivity (Wildman–Crippen MR) is 125 cm³/mol. The lowest BCUT2D eigenvalue weighted by molar-refractivity contribution is 0.0616. The van der Waals surface area contributed by atoms with Crippen LogP contribution in [0.4, 0.5) is 0 Å². The highest BCUT2D eigenvalue weighted by Crippen LogP contribution is 2.32. The summed E-state index contributed by atoms with van der Waals surface area (Å²) in [6, 6.07) is 21.9. The van der Waals surface area contributed by atoms with Crippen molar-refractivity contribution in [1.82, 2.24) is 9.58 Å². The van der Waals surface area contributed by atoms with Crippen molar-refractivity contribution in [2.45, 2.75) is 39.5 Å². The fourth-order valence-electron chi connectivity index (χ4n) is 4.36. The second-order valence-corrected chi connectivity index (χ2v) is 8.39. The first-order valence-corrected chi connectivity index (χ1v) is 10.9. The van der Waals surface area contributed by atoms with Crippen LogP contribution in [0.2, 0.25) is 0 Å². The zero-order chi connectivity index (χ0) is 22.8. The molecule has 2 aromatic carbocycles. The molecule has 0 atom stereocenters. The minimum atomic E-state index is -0.164. The number of nitrogens with zero attached hydrogens (tertiary/aromatic N) is 3. The lowest BCUT2D eigenvalue weighted by Crippen LogP contribution is -2.58. The van der Waals surface area contributed by atoms with Crippen LogP contribution >= 0.6 is 0 Å². The molecule has 1 amide bonds. The number of hydrogen-bond donors (Lipinski definition) is 0. The molecule has 3 aromatic rings. The number of ether oxygens (including phenoxy) is 1. The molecule has 0 spiro atoms. The van der Waals surface area contributed by atoms with Crippen LogP contribution in [0.5, 0.6) is 0 Å². The Balaban J connectivity index is 2.02. The fraction of sp³-hybridized carbons (Fsp3) is 0.308. The van der Waals surface area contributed by atoms with E-state index in [2.05, 4.69) is 29.3 Å². The van der Waals surface area contributed by atoms with Gasteiger partial charge in [0.05, 0.1) is 18.3 Å². The normalized spacial score (nSPS) is 13.8. The van der Waals surface area contributed by atoms with Crippen molar-refractivity contribution >= 4 is 5.91 Å². The third-order valence-electron chi connectivity index (χ3n) is 5.97. The summed E-state index contributed by atoms with van der Waals surface area (Å²) >= 11 is 0. The van der Waals surface area contributed by atoms with E-state index in [0.29, 0.717) is 23.6 Å². The molecule has 1 aliphatic heterocycles. The third-order valence-corrected chi connectivity index (χ3v) is 5.97. The quantitative estimate of drug-likeness (QED) is 0.595. The van der Waals surface area contributed by atoms with Gasteiger partial charge in [-0.2, -0.15) is 0 Å². The van der Waals surface area contributed by atoms with E-state index in [9.17, 15) is 9.59 Å². The Hall–Kier alpha value is -3.38. The summed E-state index contributed by atoms with van der Waals surface area (Å²) in [5.74, 6) is -0.135. The standard InChI is InChI=1S/C26H29N3O3/c1-18(2)27-17-28(25(20-11-7-5-8-12-20)21-13-9-6-10-14-21)29-22(16-32-4)15-23(30)19(3)24(29)26(27)31/h5-15,18,25H,16-17H2,1-4H3. The van der Waals surface area contributed by atoms with Crippen LogP contribution in [0.25, 0.3) is 0 Å². The molecule has 6 heteroatoms. The van der Waals surface area contributed by atoms with E-state index in [4.69, 9.17) is 4.74 Å². The first-order chi connectivity index (χ1) is 15.4. The molecule has 0 unspecified atom stereocenters. The summed E-state index contributed by atoms with van der Waals surface area (Å²) in [5.41, 5.74) is 3.56. The summed E-state index contributed by atoms with van der Waals surface area (Å²) in [5, 5.41) is 2.17. The van der Waals surface area contributed by atoms with Gasteiger partial charge < -0.3 is 9.64 Å². The van der Waals surface area contributed by atoms with Gasteiger partial charge in [-0.3, -0.25) is 19.3 Å². The Bertz CT molecular complexity index is 1120. The number of hydrogen-bond acceptors (Lipinski definition) is 4. The lowest BCUT2D eigenvalue weighted by Gasteiger charge is -2.46. The zero-order valence-electron chi connectivity index (χ0n) is 19.0. The van der Waals surface area contributed by atoms with Crippen molar-refractivity contribution in [3.05, 3.63) is 105 Å². The fourth-order valence-corrected chi connectivity index (χ4v) is 4.36. The molecule has 1 aliphatic rings. The molecule has 0 aliphatic carbocycles. The maximum atomic E-state index is 13.5. The van der Waals surface area contributed by atoms with Crippen molar-refractivity contribution in [2.24, 2.45) is 0 Å². The summed E-state index contributed by atoms with van der Waals surface area (Å²) in [4.78, 5) is 28.1. The van der Waals surface area contributed by atoms with Crippen LogP contribution in [0.15, 0.2) is 71.5 Å². The lowest BCUT2D eigenvalue weighted by atomic mass is 9.97. The average Bonchev–Trinajstić information content (AvgIpc) is 2.79. The van der Waals surface area contributed by atoms with Crippen molar-refractivity contribution in [3.63, 3.8) is 0 Å². The first-order valence-electron chi connectivity index (χ1n) is 10.9. The van der Waals surface area contributed by atoms with E-state index < -0.39 is 0 Å². The summed E-state index contributed by atoms with van der Waals surface area (Å²) < 4.78 is 7.34. The van der Waals surface area contributed by atoms with Gasteiger partial charge in [-0.15, -0.1) is 0 Å². The number of pyridine rings is 1. The maximum Gasteiger partial charge on any atom is 0.274 e. The van der Waals surface area contributed by atoms with Crippen LogP contribution in [0, 0.1) is 6.92 Å². The van der Waals surface area contributed by atoms with Gasteiger partial charge in [0.25, 0.3) is 5.91 Å². The highest BCUT2D eigenvalue weighted by molar-refractivity contribution is 5.95. The summed E-state index contributed by atoms with van der Waals surface area (Å²) in [6.45, 7) is 6.34. The Morgan fingerprint density at radius 3 is 2.00 bits per heavy atom. The number of carbonyl (C=O) groups excluding carboxylic acids is 1. The molecule has 0 saturated heterocycles. The molecule has 166 valence electrons. The number of fused-ring (bicyclic) bond motifs is 1. The van der Waals surface area contributed by atoms with E-state index in [1.165, 1.54) is 0 Å². The van der Waals surface area contributed by atoms with Crippen molar-refractivity contribution in [2.75, 3.05) is 18.8 Å². The van der Waals surface area contributed by atoms with Crippen molar-refractivity contribution in [1.29, 1.82) is 0 Å². The summed E-state index contributed by atoms with van der Waals surface area (Å²) in [7, 11) is 1.60. The molecule has 0 fully saturated rings. The molecule has 32 heavy (non-hydrogen) atoms. The maximum absolute atomic E-state index is 13.5. The molecular formula is C26H29N3O3. The number of rotatable bonds is 6. The Morgan fingerprint density at radius 2 is 1.50 bits per heavy atom. The minimum Gasteiger partial charge on any atom is -0.378 e. The predicted octanol–water partition coefficient (Wildman–Crippen LogP) is 3.85. The second-order valence-electron chi connectivity index (χ2n) is 8.39. The van der Waals surface area contributed by atoms with Gasteiger partial charge >= 0.3 is 0 Å². The third kappa shape index (κ3) is 3.82. The average molecular weight is 432 g/mol. The topological polar surface area (TPSA) is 54.8 Å². The monoisotopic (exact) mass is 431 g/mol. The number of amides is 1. The van der Waals surface area contributed by atoms with Crippen LogP contribution in [0.3, 0.4) is 0 Å². The van der Waals surface area contributed by atoms with Gasteiger partial charge in [-0.05, 0) is 31.9 Å². The van der Waals surface area contributed by atoms with E-state index in [0.717, 1.165) is 11.1 Å². The van der Waals surface area contributed by atoms with E-state index in [-0.39, 0.29) is 30.0 Å². The summed E-state index contributed by atoms with van der Waals surface area (Å²) in [6.07, 6.45) is 0. The minimum absolute atomic E-state index is 0.0217. The molecule has 0 bridgehead atoms. The molecule has 6 nitrogen and oxygen atoms in total. The van der Waals surface area contributed by atoms with Crippen LogP contribution < -0.4 is 10.4 Å². The van der Waals surface area contributed by atoms with Crippen molar-refractivity contribution in [3.8, 4) is 0 Å². The van der Waals surface area contributed by atoms with E-state index in [1.54, 1.807) is 20.1 Å². The molecule has 0 N–H and O–H groups in total. The molecule has 4 rings (SSSR count). The number of carbonyl (C=O) groups is 1. The Morgan fingerprint density at radius 1 is 0.938 bits per heavy atom. The number of benzene rings is 2. The molecule has 0 radical (unpaired) electrons. The van der Waals surface area contributed by atoms with Gasteiger partial charge in [-0.1, -0.05) is 60.7 Å². The molecule has 2 heterocycles. The first kappa shape index (κ1) is 21.8. The number of aromatic nitrogens is 1. The highest BCUT2D eigenvalue weighted by Gasteiger charge is 2.37. The van der Waals surface area contributed by atoms with E-state index >= 15 is 0 Å². The van der Waals surface area contributed by atoms with Crippen LogP contribution in [-0.4, -0.2) is 35.3 Å². The van der Waals surface area contributed by atoms with Crippen molar-refractivity contribution < 1.29 is 9.53 Å². The van der Waals surface area contributed by atoms with Crippen LogP contribution in [0.1, 0.15) is 52.8 Å². The molecule has 0 saturated carbocycles. The van der Waals surface area contributed by atoms with Gasteiger partial charge in [0.2, 0.25) is 0 Å². The smallest absolute Gasteiger partial charge is 0.274 e. The van der Waals surface area contributed by atoms with Gasteiger partial charge in [0, 0.05) is 24.8 Å². The molecular weight excluding hydrogens is 402 g/mol. The van der Waals surface area contributed by atoms with Gasteiger partial charge in [-0.25, -0.2) is 0 Å².